The van der Waals surface area contributed by atoms with Crippen molar-refractivity contribution in [1.82, 2.24) is 10.2 Å². The molecule has 2 heterocycles. The first kappa shape index (κ1) is 15.1. The van der Waals surface area contributed by atoms with Crippen LogP contribution < -0.4 is 10.2 Å². The number of benzene rings is 1. The molecule has 0 radical (unpaired) electrons. The zero-order valence-electron chi connectivity index (χ0n) is 13.1. The van der Waals surface area contributed by atoms with Gasteiger partial charge >= 0.3 is 0 Å². The van der Waals surface area contributed by atoms with Crippen molar-refractivity contribution in [2.45, 2.75) is 6.92 Å². The summed E-state index contributed by atoms with van der Waals surface area (Å²) in [5, 5.41) is 12.5. The summed E-state index contributed by atoms with van der Waals surface area (Å²) in [6.07, 6.45) is 0. The zero-order valence-corrected chi connectivity index (χ0v) is 13.1. The molecule has 0 amide bonds. The van der Waals surface area contributed by atoms with Gasteiger partial charge in [0.25, 0.3) is 0 Å². The standard InChI is InChI=1S/C16H24N4O2/c1-13-3-2-4-14(19-8-11-22-12-9-19)15(13)18-16-17-5-6-20(16)7-10-21/h2-4,21H,5-12H2,1H3,(H,17,18). The third-order valence-corrected chi connectivity index (χ3v) is 4.12. The van der Waals surface area contributed by atoms with Crippen LogP contribution in [0.3, 0.4) is 0 Å². The number of aliphatic hydroxyl groups excluding tert-OH is 1. The Morgan fingerprint density at radius 2 is 2.09 bits per heavy atom. The number of β-amino-alcohol motifs (C(OH)–C–C–N with tert-alkyl or cyclic N) is 1. The second-order valence-electron chi connectivity index (χ2n) is 5.61. The number of hydrogen-bond donors (Lipinski definition) is 2. The highest BCUT2D eigenvalue weighted by molar-refractivity contribution is 5.87. The molecule has 6 nitrogen and oxygen atoms in total. The summed E-state index contributed by atoms with van der Waals surface area (Å²) in [5.74, 6) is 0.859. The highest BCUT2D eigenvalue weighted by atomic mass is 16.5. The van der Waals surface area contributed by atoms with Crippen molar-refractivity contribution >= 4 is 17.3 Å². The summed E-state index contributed by atoms with van der Waals surface area (Å²) >= 11 is 0. The van der Waals surface area contributed by atoms with Crippen LogP contribution in [-0.4, -0.2) is 68.5 Å². The van der Waals surface area contributed by atoms with E-state index in [4.69, 9.17) is 9.73 Å². The van der Waals surface area contributed by atoms with Crippen molar-refractivity contribution in [3.05, 3.63) is 23.8 Å². The number of anilines is 1. The maximum Gasteiger partial charge on any atom is 0.199 e. The lowest BCUT2D eigenvalue weighted by atomic mass is 10.1. The monoisotopic (exact) mass is 304 g/mol. The van der Waals surface area contributed by atoms with Crippen LogP contribution in [0.4, 0.5) is 11.4 Å². The molecule has 2 aliphatic heterocycles. The van der Waals surface area contributed by atoms with Crippen LogP contribution in [0.2, 0.25) is 0 Å². The van der Waals surface area contributed by atoms with E-state index < -0.39 is 0 Å². The van der Waals surface area contributed by atoms with Crippen LogP contribution in [0, 0.1) is 6.92 Å². The third-order valence-electron chi connectivity index (χ3n) is 4.12. The topological polar surface area (TPSA) is 60.3 Å². The molecule has 1 aromatic rings. The maximum absolute atomic E-state index is 9.18. The Kier molecular flexibility index (Phi) is 4.80. The average molecular weight is 304 g/mol. The number of aliphatic hydroxyl groups is 1. The summed E-state index contributed by atoms with van der Waals surface area (Å²) in [6.45, 7) is 7.93. The number of rotatable bonds is 4. The number of aryl methyl sites for hydroxylation is 1. The lowest BCUT2D eigenvalue weighted by Crippen LogP contribution is -2.36. The molecule has 1 aromatic carbocycles. The Morgan fingerprint density at radius 1 is 1.27 bits per heavy atom. The molecule has 0 spiro atoms. The van der Waals surface area contributed by atoms with Crippen molar-refractivity contribution in [2.75, 3.05) is 57.4 Å². The largest absolute Gasteiger partial charge is 0.395 e. The molecule has 22 heavy (non-hydrogen) atoms. The van der Waals surface area contributed by atoms with E-state index >= 15 is 0 Å². The van der Waals surface area contributed by atoms with Crippen LogP contribution in [0.15, 0.2) is 23.2 Å². The highest BCUT2D eigenvalue weighted by Gasteiger charge is 2.20. The van der Waals surface area contributed by atoms with E-state index in [1.165, 1.54) is 0 Å². The summed E-state index contributed by atoms with van der Waals surface area (Å²) in [6, 6.07) is 6.30. The molecular weight excluding hydrogens is 280 g/mol. The van der Waals surface area contributed by atoms with Crippen LogP contribution in [0.25, 0.3) is 0 Å². The minimum absolute atomic E-state index is 0.144. The van der Waals surface area contributed by atoms with Crippen LogP contribution in [-0.2, 0) is 4.74 Å². The van der Waals surface area contributed by atoms with Gasteiger partial charge in [-0.3, -0.25) is 0 Å². The fourth-order valence-corrected chi connectivity index (χ4v) is 2.92. The van der Waals surface area contributed by atoms with Crippen LogP contribution in [0.5, 0.6) is 0 Å². The van der Waals surface area contributed by atoms with Gasteiger partial charge in [-0.25, -0.2) is 4.99 Å². The first-order valence-corrected chi connectivity index (χ1v) is 7.90. The number of nitrogens with one attached hydrogen (secondary N) is 1. The molecule has 2 fully saturated rings. The summed E-state index contributed by atoms with van der Waals surface area (Å²) in [5.41, 5.74) is 3.33. The minimum atomic E-state index is 0.144. The lowest BCUT2D eigenvalue weighted by molar-refractivity contribution is 0.123. The van der Waals surface area contributed by atoms with E-state index in [9.17, 15) is 5.11 Å². The predicted octanol–water partition coefficient (Wildman–Crippen LogP) is 0.717. The highest BCUT2D eigenvalue weighted by Crippen LogP contribution is 2.33. The van der Waals surface area contributed by atoms with E-state index in [1.54, 1.807) is 0 Å². The Labute approximate surface area is 131 Å². The predicted molar refractivity (Wildman–Crippen MR) is 88.0 cm³/mol. The van der Waals surface area contributed by atoms with E-state index in [0.717, 1.165) is 62.3 Å². The Hall–Kier alpha value is -1.79. The van der Waals surface area contributed by atoms with E-state index in [-0.39, 0.29) is 6.61 Å². The third kappa shape index (κ3) is 3.18. The molecule has 2 saturated heterocycles. The molecule has 0 bridgehead atoms. The van der Waals surface area contributed by atoms with Crippen molar-refractivity contribution in [1.29, 1.82) is 0 Å². The Bertz CT molecular complexity index is 541. The number of aliphatic imine (C=N–C) groups is 1. The van der Waals surface area contributed by atoms with Gasteiger partial charge in [0.1, 0.15) is 0 Å². The molecule has 0 saturated carbocycles. The fraction of sp³-hybridized carbons (Fsp3) is 0.562. The molecule has 120 valence electrons. The number of guanidine groups is 1. The average Bonchev–Trinajstić information content (AvgIpc) is 2.98. The normalized spacial score (nSPS) is 20.5. The Balaban J connectivity index is 1.92. The molecule has 0 atom stereocenters. The van der Waals surface area contributed by atoms with Crippen LogP contribution >= 0.6 is 0 Å². The van der Waals surface area contributed by atoms with Crippen molar-refractivity contribution < 1.29 is 9.84 Å². The van der Waals surface area contributed by atoms with Gasteiger partial charge in [0.2, 0.25) is 0 Å². The number of ether oxygens (including phenoxy) is 1. The molecule has 2 N–H and O–H groups in total. The van der Waals surface area contributed by atoms with Gasteiger partial charge in [-0.2, -0.15) is 0 Å². The van der Waals surface area contributed by atoms with E-state index in [2.05, 4.69) is 40.2 Å². The first-order valence-electron chi connectivity index (χ1n) is 7.90. The van der Waals surface area contributed by atoms with Crippen molar-refractivity contribution in [3.63, 3.8) is 0 Å². The molecule has 3 rings (SSSR count). The molecule has 2 aliphatic rings. The van der Waals surface area contributed by atoms with Gasteiger partial charge in [-0.15, -0.1) is 0 Å². The number of para-hydroxylation sites is 1. The SMILES string of the molecule is Cc1cccc(N2CCOCC2)c1N=C1NCCN1CCO. The summed E-state index contributed by atoms with van der Waals surface area (Å²) in [4.78, 5) is 9.30. The van der Waals surface area contributed by atoms with Gasteiger partial charge in [0.15, 0.2) is 5.96 Å². The second kappa shape index (κ2) is 6.98. The molecular formula is C16H24N4O2. The van der Waals surface area contributed by atoms with Gasteiger partial charge in [0.05, 0.1) is 31.2 Å². The molecule has 6 heteroatoms. The minimum Gasteiger partial charge on any atom is -0.395 e. The summed E-state index contributed by atoms with van der Waals surface area (Å²) < 4.78 is 5.45. The summed E-state index contributed by atoms with van der Waals surface area (Å²) in [7, 11) is 0. The van der Waals surface area contributed by atoms with E-state index in [1.807, 2.05) is 0 Å². The fourth-order valence-electron chi connectivity index (χ4n) is 2.92. The first-order chi connectivity index (χ1) is 10.8. The Morgan fingerprint density at radius 3 is 2.86 bits per heavy atom. The van der Waals surface area contributed by atoms with Crippen LogP contribution in [0.1, 0.15) is 5.56 Å². The van der Waals surface area contributed by atoms with Gasteiger partial charge < -0.3 is 25.0 Å². The van der Waals surface area contributed by atoms with E-state index in [0.29, 0.717) is 6.54 Å². The molecule has 0 unspecified atom stereocenters. The van der Waals surface area contributed by atoms with Gasteiger partial charge in [-0.05, 0) is 18.6 Å². The number of morpholine rings is 1. The molecule has 0 aliphatic carbocycles. The lowest BCUT2D eigenvalue weighted by Gasteiger charge is -2.30. The van der Waals surface area contributed by atoms with Crippen molar-refractivity contribution in [2.24, 2.45) is 4.99 Å². The maximum atomic E-state index is 9.18. The van der Waals surface area contributed by atoms with Crippen molar-refractivity contribution in [3.8, 4) is 0 Å². The quantitative estimate of drug-likeness (QED) is 0.858. The number of hydrogen-bond acceptors (Lipinski definition) is 4. The van der Waals surface area contributed by atoms with Gasteiger partial charge in [-0.1, -0.05) is 12.1 Å². The van der Waals surface area contributed by atoms with Gasteiger partial charge in [0, 0.05) is 32.7 Å². The smallest absolute Gasteiger partial charge is 0.199 e. The second-order valence-corrected chi connectivity index (χ2v) is 5.61. The molecule has 0 aromatic heterocycles. The number of nitrogens with zero attached hydrogens (tertiary/aromatic N) is 3. The zero-order chi connectivity index (χ0) is 15.4.